The summed E-state index contributed by atoms with van der Waals surface area (Å²) in [7, 11) is 1.38. The van der Waals surface area contributed by atoms with Gasteiger partial charge in [-0.15, -0.1) is 0 Å². The second-order valence-corrected chi connectivity index (χ2v) is 15.3. The van der Waals surface area contributed by atoms with Crippen molar-refractivity contribution < 1.29 is 48.4 Å². The number of hydrogen-bond donors (Lipinski definition) is 2. The molecule has 0 aromatic carbocycles. The predicted molar refractivity (Wildman–Crippen MR) is 197 cm³/mol. The Labute approximate surface area is 309 Å². The van der Waals surface area contributed by atoms with Crippen LogP contribution in [0.2, 0.25) is 0 Å². The monoisotopic (exact) mass is 727 g/mol. The largest absolute Gasteiger partial charge is 0.461 e. The van der Waals surface area contributed by atoms with Gasteiger partial charge in [0.05, 0.1) is 6.10 Å². The Morgan fingerprint density at radius 2 is 1.63 bits per heavy atom. The number of Topliss-reactive ketones (excluding diaryl/α,β-unsaturated/α-hetero) is 3. The van der Waals surface area contributed by atoms with E-state index in [9.17, 15) is 34.2 Å². The van der Waals surface area contributed by atoms with E-state index in [1.165, 1.54) is 12.0 Å². The average Bonchev–Trinajstić information content (AvgIpc) is 3.10. The Hall–Kier alpha value is -3.25. The zero-order valence-electron chi connectivity index (χ0n) is 32.3. The molecule has 290 valence electrons. The Kier molecular flexibility index (Phi) is 16.4. The van der Waals surface area contributed by atoms with Crippen molar-refractivity contribution in [2.45, 2.75) is 142 Å². The number of carbonyl (C=O) groups is 5. The van der Waals surface area contributed by atoms with Crippen molar-refractivity contribution in [3.05, 3.63) is 47.6 Å². The lowest BCUT2D eigenvalue weighted by Crippen LogP contribution is -2.60. The Morgan fingerprint density at radius 1 is 0.923 bits per heavy atom. The van der Waals surface area contributed by atoms with Gasteiger partial charge in [-0.25, -0.2) is 4.79 Å². The van der Waals surface area contributed by atoms with E-state index in [2.05, 4.69) is 0 Å². The van der Waals surface area contributed by atoms with E-state index in [1.807, 2.05) is 51.2 Å². The molecular weight excluding hydrogens is 666 g/mol. The molecule has 2 fully saturated rings. The van der Waals surface area contributed by atoms with Crippen LogP contribution in [0.3, 0.4) is 0 Å². The summed E-state index contributed by atoms with van der Waals surface area (Å²) in [6.45, 7) is 12.5. The minimum absolute atomic E-state index is 0.0738. The number of piperidine rings is 1. The van der Waals surface area contributed by atoms with Crippen LogP contribution in [0.5, 0.6) is 0 Å². The molecule has 0 saturated carbocycles. The molecule has 2 N–H and O–H groups in total. The zero-order valence-corrected chi connectivity index (χ0v) is 32.3. The SMILES string of the molecule is COC1C(=O)C(C)CC(C)/C=C/C=C/C=C(\C)CCC2CCC(C)C(O)(O2)C(=O)C(=O)N2CCCCC2C(=O)OC(C)CC(=O)C(C)/C=C(\C)C1O. The molecule has 10 unspecified atom stereocenters. The summed E-state index contributed by atoms with van der Waals surface area (Å²) in [6, 6.07) is -1.05. The number of amides is 1. The first kappa shape index (κ1) is 43.2. The van der Waals surface area contributed by atoms with Crippen molar-refractivity contribution in [3.63, 3.8) is 0 Å². The molecule has 0 aromatic heterocycles. The van der Waals surface area contributed by atoms with Crippen molar-refractivity contribution in [2.75, 3.05) is 13.7 Å². The number of methoxy groups -OCH3 is 1. The average molecular weight is 728 g/mol. The Morgan fingerprint density at radius 3 is 2.33 bits per heavy atom. The topological polar surface area (TPSA) is 157 Å². The number of nitrogens with zero attached hydrogens (tertiary/aromatic N) is 1. The van der Waals surface area contributed by atoms with Gasteiger partial charge < -0.3 is 29.3 Å². The standard InChI is InChI=1S/C41H61NO10/c1-25-14-10-9-11-15-26(2)22-28(4)35(44)37(50-8)36(45)29(5)23-27(3)34(43)24-31(7)51-40(48)33-16-12-13-21-42(33)39(47)38(46)41(49)30(6)18-20-32(52-41)19-17-25/h9-11,14-15,23,26-28,30-33,36-37,45,49H,12-13,16-22,24H2,1-8H3/b10-9+,15-11+,25-14+,29-23+. The van der Waals surface area contributed by atoms with Gasteiger partial charge in [0.15, 0.2) is 5.78 Å². The molecule has 3 heterocycles. The third-order valence-electron chi connectivity index (χ3n) is 10.7. The van der Waals surface area contributed by atoms with E-state index in [4.69, 9.17) is 14.2 Å². The quantitative estimate of drug-likeness (QED) is 0.204. The fourth-order valence-electron chi connectivity index (χ4n) is 7.30. The van der Waals surface area contributed by atoms with Gasteiger partial charge in [0, 0.05) is 37.8 Å². The smallest absolute Gasteiger partial charge is 0.329 e. The minimum atomic E-state index is -2.31. The van der Waals surface area contributed by atoms with E-state index < -0.39 is 71.7 Å². The Balaban J connectivity index is 1.88. The highest BCUT2D eigenvalue weighted by Gasteiger charge is 2.52. The van der Waals surface area contributed by atoms with Crippen LogP contribution in [-0.4, -0.2) is 94.2 Å². The number of rotatable bonds is 1. The number of ether oxygens (including phenoxy) is 3. The summed E-state index contributed by atoms with van der Waals surface area (Å²) >= 11 is 0. The fourth-order valence-corrected chi connectivity index (χ4v) is 7.30. The maximum atomic E-state index is 13.7. The Bertz CT molecular complexity index is 1410. The molecule has 11 nitrogen and oxygen atoms in total. The van der Waals surface area contributed by atoms with Gasteiger partial charge in [-0.3, -0.25) is 19.2 Å². The fraction of sp³-hybridized carbons (Fsp3) is 0.683. The first-order valence-electron chi connectivity index (χ1n) is 18.9. The second kappa shape index (κ2) is 19.7. The van der Waals surface area contributed by atoms with Crippen LogP contribution in [0.1, 0.15) is 106 Å². The van der Waals surface area contributed by atoms with E-state index >= 15 is 0 Å². The van der Waals surface area contributed by atoms with Gasteiger partial charge in [-0.2, -0.15) is 0 Å². The van der Waals surface area contributed by atoms with Crippen LogP contribution in [-0.2, 0) is 38.2 Å². The lowest BCUT2D eigenvalue weighted by molar-refractivity contribution is -0.263. The maximum Gasteiger partial charge on any atom is 0.329 e. The number of allylic oxidation sites excluding steroid dienone is 7. The van der Waals surface area contributed by atoms with Crippen LogP contribution >= 0.6 is 0 Å². The van der Waals surface area contributed by atoms with Gasteiger partial charge >= 0.3 is 5.97 Å². The number of aliphatic hydroxyl groups excluding tert-OH is 1. The molecule has 2 saturated heterocycles. The van der Waals surface area contributed by atoms with Crippen LogP contribution in [0.4, 0.5) is 0 Å². The van der Waals surface area contributed by atoms with Crippen molar-refractivity contribution in [2.24, 2.45) is 23.7 Å². The van der Waals surface area contributed by atoms with Gasteiger partial charge in [0.25, 0.3) is 11.7 Å². The number of carbonyl (C=O) groups excluding carboxylic acids is 5. The molecule has 0 spiro atoms. The lowest BCUT2D eigenvalue weighted by atomic mass is 9.85. The maximum absolute atomic E-state index is 13.7. The number of cyclic esters (lactones) is 1. The highest BCUT2D eigenvalue weighted by molar-refractivity contribution is 6.39. The molecule has 3 aliphatic heterocycles. The second-order valence-electron chi connectivity index (χ2n) is 15.3. The summed E-state index contributed by atoms with van der Waals surface area (Å²) in [4.78, 5) is 68.5. The van der Waals surface area contributed by atoms with Gasteiger partial charge in [0.2, 0.25) is 5.79 Å². The number of aliphatic hydroxyl groups is 2. The minimum Gasteiger partial charge on any atom is -0.461 e. The summed E-state index contributed by atoms with van der Waals surface area (Å²) in [5.74, 6) is -7.19. The van der Waals surface area contributed by atoms with E-state index in [1.54, 1.807) is 33.8 Å². The van der Waals surface area contributed by atoms with Gasteiger partial charge in [0.1, 0.15) is 30.1 Å². The molecule has 3 aliphatic rings. The third-order valence-corrected chi connectivity index (χ3v) is 10.7. The van der Waals surface area contributed by atoms with Crippen molar-refractivity contribution >= 4 is 29.2 Å². The summed E-state index contributed by atoms with van der Waals surface area (Å²) in [5, 5.41) is 22.7. The predicted octanol–water partition coefficient (Wildman–Crippen LogP) is 5.37. The third kappa shape index (κ3) is 11.4. The number of ketones is 3. The van der Waals surface area contributed by atoms with Crippen LogP contribution in [0, 0.1) is 23.7 Å². The van der Waals surface area contributed by atoms with Gasteiger partial charge in [-0.1, -0.05) is 69.7 Å². The summed E-state index contributed by atoms with van der Waals surface area (Å²) in [6.07, 6.45) is 11.9. The molecule has 11 heteroatoms. The van der Waals surface area contributed by atoms with Crippen molar-refractivity contribution in [1.82, 2.24) is 4.90 Å². The zero-order chi connectivity index (χ0) is 38.7. The normalized spacial score (nSPS) is 39.4. The number of hydrogen-bond acceptors (Lipinski definition) is 10. The molecule has 52 heavy (non-hydrogen) atoms. The number of esters is 1. The summed E-state index contributed by atoms with van der Waals surface area (Å²) < 4.78 is 17.1. The van der Waals surface area contributed by atoms with E-state index in [0.29, 0.717) is 50.5 Å². The molecule has 0 radical (unpaired) electrons. The molecule has 2 bridgehead atoms. The van der Waals surface area contributed by atoms with Crippen LogP contribution in [0.15, 0.2) is 47.6 Å². The highest BCUT2D eigenvalue weighted by atomic mass is 16.6. The van der Waals surface area contributed by atoms with Gasteiger partial charge in [-0.05, 0) is 83.6 Å². The first-order chi connectivity index (χ1) is 24.5. The molecule has 0 aliphatic carbocycles. The van der Waals surface area contributed by atoms with E-state index in [-0.39, 0.29) is 36.9 Å². The molecule has 3 rings (SSSR count). The van der Waals surface area contributed by atoms with Crippen LogP contribution in [0.25, 0.3) is 0 Å². The molecule has 10 atom stereocenters. The molecule has 1 amide bonds. The van der Waals surface area contributed by atoms with Crippen molar-refractivity contribution in [3.8, 4) is 0 Å². The van der Waals surface area contributed by atoms with Crippen molar-refractivity contribution in [1.29, 1.82) is 0 Å². The van der Waals surface area contributed by atoms with E-state index in [0.717, 1.165) is 5.57 Å². The lowest BCUT2D eigenvalue weighted by Gasteiger charge is -2.42. The molecule has 0 aromatic rings. The highest BCUT2D eigenvalue weighted by Crippen LogP contribution is 2.36. The number of fused-ring (bicyclic) bond motifs is 3. The first-order valence-corrected chi connectivity index (χ1v) is 18.9. The summed E-state index contributed by atoms with van der Waals surface area (Å²) in [5.41, 5.74) is 1.48. The van der Waals surface area contributed by atoms with Crippen LogP contribution < -0.4 is 0 Å². The molecular formula is C41H61NO10.